The van der Waals surface area contributed by atoms with Crippen molar-refractivity contribution in [1.82, 2.24) is 4.90 Å². The number of halogens is 1. The molecule has 0 radical (unpaired) electrons. The number of piperazine rings is 1. The summed E-state index contributed by atoms with van der Waals surface area (Å²) in [6, 6.07) is 6.82. The highest BCUT2D eigenvalue weighted by molar-refractivity contribution is 5.83. The molecule has 0 unspecified atom stereocenters. The summed E-state index contributed by atoms with van der Waals surface area (Å²) in [6.07, 6.45) is 4.02. The van der Waals surface area contributed by atoms with Gasteiger partial charge in [-0.25, -0.2) is 4.39 Å². The lowest BCUT2D eigenvalue weighted by Crippen LogP contribution is -2.54. The van der Waals surface area contributed by atoms with Crippen LogP contribution in [0.2, 0.25) is 0 Å². The summed E-state index contributed by atoms with van der Waals surface area (Å²) in [5, 5.41) is 0. The fourth-order valence-corrected chi connectivity index (χ4v) is 3.75. The molecule has 1 heterocycles. The number of anilines is 1. The van der Waals surface area contributed by atoms with Crippen molar-refractivity contribution in [2.45, 2.75) is 25.7 Å². The van der Waals surface area contributed by atoms with Gasteiger partial charge in [-0.1, -0.05) is 25.0 Å². The number of rotatable bonds is 3. The van der Waals surface area contributed by atoms with Crippen molar-refractivity contribution in [3.05, 3.63) is 30.1 Å². The molecule has 0 spiro atoms. The molecule has 1 saturated carbocycles. The Kier molecular flexibility index (Phi) is 4.34. The maximum atomic E-state index is 13.9. The van der Waals surface area contributed by atoms with E-state index in [1.165, 1.54) is 6.07 Å². The highest BCUT2D eigenvalue weighted by Gasteiger charge is 2.42. The van der Waals surface area contributed by atoms with Gasteiger partial charge in [0.05, 0.1) is 11.1 Å². The second-order valence-electron chi connectivity index (χ2n) is 6.42. The molecule has 1 aromatic rings. The average Bonchev–Trinajstić information content (AvgIpc) is 3.05. The van der Waals surface area contributed by atoms with Crippen LogP contribution in [0.1, 0.15) is 25.7 Å². The smallest absolute Gasteiger partial charge is 0.230 e. The summed E-state index contributed by atoms with van der Waals surface area (Å²) in [7, 11) is 0. The van der Waals surface area contributed by atoms with E-state index < -0.39 is 0 Å². The maximum Gasteiger partial charge on any atom is 0.230 e. The predicted molar refractivity (Wildman–Crippen MR) is 85.1 cm³/mol. The molecule has 2 fully saturated rings. The molecular formula is C17H24FN3O. The number of para-hydroxylation sites is 1. The standard InChI is InChI=1S/C17H24FN3O/c18-14-5-1-2-6-15(14)20-9-11-21(12-10-20)16(22)17(13-19)7-3-4-8-17/h1-2,5-6H,3-4,7-13,19H2. The van der Waals surface area contributed by atoms with Gasteiger partial charge < -0.3 is 15.5 Å². The molecule has 1 aliphatic carbocycles. The van der Waals surface area contributed by atoms with Crippen LogP contribution in [0.3, 0.4) is 0 Å². The zero-order valence-corrected chi connectivity index (χ0v) is 12.9. The van der Waals surface area contributed by atoms with Crippen molar-refractivity contribution in [2.75, 3.05) is 37.6 Å². The maximum absolute atomic E-state index is 13.9. The van der Waals surface area contributed by atoms with E-state index in [0.29, 0.717) is 38.4 Å². The van der Waals surface area contributed by atoms with E-state index in [9.17, 15) is 9.18 Å². The molecule has 120 valence electrons. The minimum atomic E-state index is -0.333. The number of benzene rings is 1. The Morgan fingerprint density at radius 3 is 2.36 bits per heavy atom. The number of nitrogens with zero attached hydrogens (tertiary/aromatic N) is 2. The molecule has 5 heteroatoms. The molecule has 22 heavy (non-hydrogen) atoms. The predicted octanol–water partition coefficient (Wildman–Crippen LogP) is 1.99. The SMILES string of the molecule is NCC1(C(=O)N2CCN(c3ccccc3F)CC2)CCCC1. The van der Waals surface area contributed by atoms with Gasteiger partial charge >= 0.3 is 0 Å². The second-order valence-corrected chi connectivity index (χ2v) is 6.42. The van der Waals surface area contributed by atoms with Gasteiger partial charge in [0.15, 0.2) is 0 Å². The van der Waals surface area contributed by atoms with Crippen molar-refractivity contribution in [1.29, 1.82) is 0 Å². The van der Waals surface area contributed by atoms with E-state index in [2.05, 4.69) is 0 Å². The summed E-state index contributed by atoms with van der Waals surface area (Å²) < 4.78 is 13.9. The topological polar surface area (TPSA) is 49.6 Å². The van der Waals surface area contributed by atoms with Gasteiger partial charge in [-0.05, 0) is 25.0 Å². The van der Waals surface area contributed by atoms with Gasteiger partial charge in [0.2, 0.25) is 5.91 Å². The first-order valence-corrected chi connectivity index (χ1v) is 8.15. The van der Waals surface area contributed by atoms with Crippen molar-refractivity contribution in [3.63, 3.8) is 0 Å². The quantitative estimate of drug-likeness (QED) is 0.929. The van der Waals surface area contributed by atoms with Crippen LogP contribution in [-0.2, 0) is 4.79 Å². The molecule has 0 aromatic heterocycles. The Labute approximate surface area is 131 Å². The Morgan fingerprint density at radius 1 is 1.14 bits per heavy atom. The Hall–Kier alpha value is -1.62. The van der Waals surface area contributed by atoms with Gasteiger partial charge in [-0.15, -0.1) is 0 Å². The van der Waals surface area contributed by atoms with Crippen molar-refractivity contribution < 1.29 is 9.18 Å². The fraction of sp³-hybridized carbons (Fsp3) is 0.588. The first kappa shape index (κ1) is 15.3. The molecule has 0 bridgehead atoms. The number of hydrogen-bond acceptors (Lipinski definition) is 3. The Bertz CT molecular complexity index is 534. The van der Waals surface area contributed by atoms with E-state index in [0.717, 1.165) is 25.7 Å². The molecular weight excluding hydrogens is 281 g/mol. The fourth-order valence-electron chi connectivity index (χ4n) is 3.75. The van der Waals surface area contributed by atoms with Crippen LogP contribution >= 0.6 is 0 Å². The lowest BCUT2D eigenvalue weighted by molar-refractivity contribution is -0.141. The number of carbonyl (C=O) groups is 1. The van der Waals surface area contributed by atoms with Gasteiger partial charge in [0, 0.05) is 32.7 Å². The highest BCUT2D eigenvalue weighted by atomic mass is 19.1. The molecule has 1 aromatic carbocycles. The molecule has 3 rings (SSSR count). The van der Waals surface area contributed by atoms with E-state index in [4.69, 9.17) is 5.73 Å². The Balaban J connectivity index is 1.64. The number of hydrogen-bond donors (Lipinski definition) is 1. The highest BCUT2D eigenvalue weighted by Crippen LogP contribution is 2.39. The van der Waals surface area contributed by atoms with Crippen molar-refractivity contribution in [3.8, 4) is 0 Å². The van der Waals surface area contributed by atoms with E-state index in [-0.39, 0.29) is 17.1 Å². The molecule has 2 aliphatic rings. The van der Waals surface area contributed by atoms with Gasteiger partial charge in [-0.3, -0.25) is 4.79 Å². The van der Waals surface area contributed by atoms with Crippen LogP contribution in [0.5, 0.6) is 0 Å². The summed E-state index contributed by atoms with van der Waals surface area (Å²) in [4.78, 5) is 16.8. The lowest BCUT2D eigenvalue weighted by atomic mass is 9.84. The molecule has 1 amide bonds. The van der Waals surface area contributed by atoms with Crippen LogP contribution in [0.25, 0.3) is 0 Å². The van der Waals surface area contributed by atoms with E-state index in [1.54, 1.807) is 12.1 Å². The molecule has 4 nitrogen and oxygen atoms in total. The van der Waals surface area contributed by atoms with Gasteiger partial charge in [0.1, 0.15) is 5.82 Å². The summed E-state index contributed by atoms with van der Waals surface area (Å²) >= 11 is 0. The van der Waals surface area contributed by atoms with Gasteiger partial charge in [-0.2, -0.15) is 0 Å². The van der Waals surface area contributed by atoms with Crippen LogP contribution in [0.4, 0.5) is 10.1 Å². The Morgan fingerprint density at radius 2 is 1.77 bits per heavy atom. The number of carbonyl (C=O) groups excluding carboxylic acids is 1. The average molecular weight is 305 g/mol. The van der Waals surface area contributed by atoms with Crippen LogP contribution < -0.4 is 10.6 Å². The summed E-state index contributed by atoms with van der Waals surface area (Å²) in [5.74, 6) is 0.0113. The molecule has 2 N–H and O–H groups in total. The molecule has 0 atom stereocenters. The monoisotopic (exact) mass is 305 g/mol. The minimum Gasteiger partial charge on any atom is -0.366 e. The first-order chi connectivity index (χ1) is 10.7. The summed E-state index contributed by atoms with van der Waals surface area (Å²) in [5.41, 5.74) is 6.20. The van der Waals surface area contributed by atoms with Crippen molar-refractivity contribution >= 4 is 11.6 Å². The lowest BCUT2D eigenvalue weighted by Gasteiger charge is -2.40. The van der Waals surface area contributed by atoms with Crippen molar-refractivity contribution in [2.24, 2.45) is 11.1 Å². The third kappa shape index (κ3) is 2.70. The second kappa shape index (κ2) is 6.24. The zero-order chi connectivity index (χ0) is 15.6. The van der Waals surface area contributed by atoms with E-state index in [1.807, 2.05) is 15.9 Å². The third-order valence-electron chi connectivity index (χ3n) is 5.17. The molecule has 1 saturated heterocycles. The summed E-state index contributed by atoms with van der Waals surface area (Å²) in [6.45, 7) is 3.09. The largest absolute Gasteiger partial charge is 0.366 e. The molecule has 1 aliphatic heterocycles. The minimum absolute atomic E-state index is 0.198. The number of nitrogens with two attached hydrogens (primary N) is 1. The van der Waals surface area contributed by atoms with Gasteiger partial charge in [0.25, 0.3) is 0 Å². The zero-order valence-electron chi connectivity index (χ0n) is 12.9. The van der Waals surface area contributed by atoms with E-state index >= 15 is 0 Å². The third-order valence-corrected chi connectivity index (χ3v) is 5.17. The first-order valence-electron chi connectivity index (χ1n) is 8.15. The normalized spacial score (nSPS) is 21.2. The number of amides is 1. The van der Waals surface area contributed by atoms with Crippen LogP contribution in [0.15, 0.2) is 24.3 Å². The van der Waals surface area contributed by atoms with Crippen LogP contribution in [-0.4, -0.2) is 43.5 Å². The van der Waals surface area contributed by atoms with Crippen LogP contribution in [0, 0.1) is 11.2 Å².